The van der Waals surface area contributed by atoms with Gasteiger partial charge in [-0.3, -0.25) is 0 Å². The largest absolute Gasteiger partial charge is 0.496 e. The summed E-state index contributed by atoms with van der Waals surface area (Å²) in [5.41, 5.74) is 9.86. The van der Waals surface area contributed by atoms with Crippen LogP contribution in [0.1, 0.15) is 24.0 Å². The van der Waals surface area contributed by atoms with Gasteiger partial charge in [-0.15, -0.1) is 0 Å². The molecule has 0 bridgehead atoms. The van der Waals surface area contributed by atoms with Crippen LogP contribution in [0, 0.1) is 19.3 Å². The molecule has 0 unspecified atom stereocenters. The van der Waals surface area contributed by atoms with Gasteiger partial charge in [0.2, 0.25) is 0 Å². The third kappa shape index (κ3) is 2.46. The quantitative estimate of drug-likeness (QED) is 0.870. The standard InChI is InChI=1S/C15H24N2O/c1-11-7-13(8-12(2)14(11)18-4)17(3)10-15(9-16)5-6-15/h7-8H,5-6,9-10,16H2,1-4H3. The smallest absolute Gasteiger partial charge is 0.124 e. The van der Waals surface area contributed by atoms with Gasteiger partial charge in [-0.05, 0) is 56.5 Å². The Bertz CT molecular complexity index is 415. The van der Waals surface area contributed by atoms with Crippen molar-refractivity contribution < 1.29 is 4.74 Å². The van der Waals surface area contributed by atoms with E-state index >= 15 is 0 Å². The lowest BCUT2D eigenvalue weighted by molar-refractivity contribution is 0.408. The first-order valence-electron chi connectivity index (χ1n) is 6.58. The Balaban J connectivity index is 2.18. The van der Waals surface area contributed by atoms with Crippen molar-refractivity contribution in [2.75, 3.05) is 32.1 Å². The van der Waals surface area contributed by atoms with Gasteiger partial charge >= 0.3 is 0 Å². The van der Waals surface area contributed by atoms with Crippen LogP contribution < -0.4 is 15.4 Å². The lowest BCUT2D eigenvalue weighted by Gasteiger charge is -2.26. The van der Waals surface area contributed by atoms with Gasteiger partial charge in [-0.25, -0.2) is 0 Å². The van der Waals surface area contributed by atoms with Crippen molar-refractivity contribution in [1.29, 1.82) is 0 Å². The third-order valence-corrected chi connectivity index (χ3v) is 4.05. The molecule has 0 aliphatic heterocycles. The second-order valence-electron chi connectivity index (χ2n) is 5.67. The van der Waals surface area contributed by atoms with Crippen LogP contribution in [0.25, 0.3) is 0 Å². The molecule has 100 valence electrons. The predicted molar refractivity (Wildman–Crippen MR) is 76.5 cm³/mol. The minimum Gasteiger partial charge on any atom is -0.496 e. The fraction of sp³-hybridized carbons (Fsp3) is 0.600. The van der Waals surface area contributed by atoms with Crippen LogP contribution in [0.3, 0.4) is 0 Å². The van der Waals surface area contributed by atoms with Gasteiger partial charge in [0.1, 0.15) is 5.75 Å². The molecule has 0 amide bonds. The van der Waals surface area contributed by atoms with Crippen LogP contribution in [0.4, 0.5) is 5.69 Å². The van der Waals surface area contributed by atoms with Crippen molar-refractivity contribution in [3.05, 3.63) is 23.3 Å². The van der Waals surface area contributed by atoms with Crippen molar-refractivity contribution >= 4 is 5.69 Å². The summed E-state index contributed by atoms with van der Waals surface area (Å²) in [4.78, 5) is 2.32. The normalized spacial score (nSPS) is 16.5. The molecule has 2 N–H and O–H groups in total. The van der Waals surface area contributed by atoms with E-state index in [0.717, 1.165) is 18.8 Å². The molecule has 0 atom stereocenters. The molecule has 1 aliphatic rings. The van der Waals surface area contributed by atoms with Gasteiger partial charge in [0.25, 0.3) is 0 Å². The molecule has 1 aliphatic carbocycles. The highest BCUT2D eigenvalue weighted by atomic mass is 16.5. The van der Waals surface area contributed by atoms with Crippen molar-refractivity contribution in [3.63, 3.8) is 0 Å². The first-order valence-corrected chi connectivity index (χ1v) is 6.58. The van der Waals surface area contributed by atoms with Crippen LogP contribution in [-0.2, 0) is 0 Å². The maximum atomic E-state index is 5.85. The highest BCUT2D eigenvalue weighted by Gasteiger charge is 2.42. The number of aryl methyl sites for hydroxylation is 2. The Morgan fingerprint density at radius 1 is 1.28 bits per heavy atom. The van der Waals surface area contributed by atoms with E-state index in [1.807, 2.05) is 0 Å². The van der Waals surface area contributed by atoms with Gasteiger partial charge in [-0.2, -0.15) is 0 Å². The Morgan fingerprint density at radius 2 is 1.83 bits per heavy atom. The van der Waals surface area contributed by atoms with Crippen LogP contribution >= 0.6 is 0 Å². The number of nitrogens with zero attached hydrogens (tertiary/aromatic N) is 1. The zero-order chi connectivity index (χ0) is 13.3. The van der Waals surface area contributed by atoms with Gasteiger partial charge in [-0.1, -0.05) is 0 Å². The lowest BCUT2D eigenvalue weighted by Crippen LogP contribution is -2.31. The van der Waals surface area contributed by atoms with E-state index in [1.165, 1.54) is 29.7 Å². The molecular formula is C15H24N2O. The topological polar surface area (TPSA) is 38.5 Å². The van der Waals surface area contributed by atoms with Gasteiger partial charge in [0.15, 0.2) is 0 Å². The SMILES string of the molecule is COc1c(C)cc(N(C)CC2(CN)CC2)cc1C. The van der Waals surface area contributed by atoms with Gasteiger partial charge in [0.05, 0.1) is 7.11 Å². The van der Waals surface area contributed by atoms with Crippen LogP contribution in [-0.4, -0.2) is 27.2 Å². The van der Waals surface area contributed by atoms with Crippen LogP contribution in [0.15, 0.2) is 12.1 Å². The maximum absolute atomic E-state index is 5.85. The Morgan fingerprint density at radius 3 is 2.22 bits per heavy atom. The minimum absolute atomic E-state index is 0.372. The van der Waals surface area contributed by atoms with E-state index in [0.29, 0.717) is 5.41 Å². The fourth-order valence-corrected chi connectivity index (χ4v) is 2.67. The molecular weight excluding hydrogens is 224 g/mol. The van der Waals surface area contributed by atoms with Crippen molar-refractivity contribution in [1.82, 2.24) is 0 Å². The molecule has 3 nitrogen and oxygen atoms in total. The molecule has 0 radical (unpaired) electrons. The number of hydrogen-bond donors (Lipinski definition) is 1. The molecule has 0 aromatic heterocycles. The second kappa shape index (κ2) is 4.81. The monoisotopic (exact) mass is 248 g/mol. The molecule has 0 heterocycles. The summed E-state index contributed by atoms with van der Waals surface area (Å²) >= 11 is 0. The lowest BCUT2D eigenvalue weighted by atomic mass is 10.1. The van der Waals surface area contributed by atoms with Crippen LogP contribution in [0.2, 0.25) is 0 Å². The maximum Gasteiger partial charge on any atom is 0.124 e. The fourth-order valence-electron chi connectivity index (χ4n) is 2.67. The average Bonchev–Trinajstić information content (AvgIpc) is 3.09. The number of nitrogens with two attached hydrogens (primary N) is 1. The molecule has 0 spiro atoms. The van der Waals surface area contributed by atoms with E-state index in [1.54, 1.807) is 7.11 Å². The second-order valence-corrected chi connectivity index (χ2v) is 5.67. The summed E-state index contributed by atoms with van der Waals surface area (Å²) in [5.74, 6) is 0.993. The summed E-state index contributed by atoms with van der Waals surface area (Å²) < 4.78 is 5.41. The van der Waals surface area contributed by atoms with Gasteiger partial charge in [0, 0.05) is 24.7 Å². The third-order valence-electron chi connectivity index (χ3n) is 4.05. The molecule has 1 saturated carbocycles. The predicted octanol–water partition coefficient (Wildman–Crippen LogP) is 2.49. The van der Waals surface area contributed by atoms with E-state index in [9.17, 15) is 0 Å². The summed E-state index contributed by atoms with van der Waals surface area (Å²) in [5, 5.41) is 0. The molecule has 1 aromatic carbocycles. The van der Waals surface area contributed by atoms with Gasteiger partial charge < -0.3 is 15.4 Å². The molecule has 1 aromatic rings. The number of ether oxygens (including phenoxy) is 1. The van der Waals surface area contributed by atoms with Crippen molar-refractivity contribution in [2.45, 2.75) is 26.7 Å². The van der Waals surface area contributed by atoms with E-state index in [2.05, 4.69) is 37.9 Å². The highest BCUT2D eigenvalue weighted by Crippen LogP contribution is 2.45. The van der Waals surface area contributed by atoms with Crippen LogP contribution in [0.5, 0.6) is 5.75 Å². The number of hydrogen-bond acceptors (Lipinski definition) is 3. The molecule has 0 saturated heterocycles. The molecule has 3 heteroatoms. The first-order chi connectivity index (χ1) is 8.51. The number of rotatable bonds is 5. The summed E-state index contributed by atoms with van der Waals surface area (Å²) in [7, 11) is 3.88. The zero-order valence-corrected chi connectivity index (χ0v) is 11.9. The first kappa shape index (κ1) is 13.2. The minimum atomic E-state index is 0.372. The Hall–Kier alpha value is -1.22. The molecule has 1 fully saturated rings. The zero-order valence-electron chi connectivity index (χ0n) is 11.9. The van der Waals surface area contributed by atoms with Crippen molar-refractivity contribution in [3.8, 4) is 5.75 Å². The highest BCUT2D eigenvalue weighted by molar-refractivity contribution is 5.56. The number of anilines is 1. The summed E-state index contributed by atoms with van der Waals surface area (Å²) in [6.45, 7) is 6.04. The average molecular weight is 248 g/mol. The number of methoxy groups -OCH3 is 1. The van der Waals surface area contributed by atoms with E-state index in [-0.39, 0.29) is 0 Å². The molecule has 2 rings (SSSR count). The van der Waals surface area contributed by atoms with Crippen molar-refractivity contribution in [2.24, 2.45) is 11.1 Å². The summed E-state index contributed by atoms with van der Waals surface area (Å²) in [6, 6.07) is 4.39. The number of benzene rings is 1. The Kier molecular flexibility index (Phi) is 3.53. The van der Waals surface area contributed by atoms with E-state index in [4.69, 9.17) is 10.5 Å². The summed E-state index contributed by atoms with van der Waals surface area (Å²) in [6.07, 6.45) is 2.53. The van der Waals surface area contributed by atoms with E-state index < -0.39 is 0 Å². The Labute approximate surface area is 110 Å². The molecule has 18 heavy (non-hydrogen) atoms.